The first-order chi connectivity index (χ1) is 10.5. The molecule has 0 aliphatic rings. The topological polar surface area (TPSA) is 72.0 Å². The zero-order valence-electron chi connectivity index (χ0n) is 11.7. The predicted molar refractivity (Wildman–Crippen MR) is 74.9 cm³/mol. The van der Waals surface area contributed by atoms with E-state index >= 15 is 0 Å². The van der Waals surface area contributed by atoms with Crippen molar-refractivity contribution in [1.82, 2.24) is 15.2 Å². The van der Waals surface area contributed by atoms with E-state index in [1.54, 1.807) is 7.11 Å². The van der Waals surface area contributed by atoms with Gasteiger partial charge in [0.25, 0.3) is 0 Å². The van der Waals surface area contributed by atoms with Crippen LogP contribution in [0.4, 0.5) is 30.6 Å². The molecule has 0 aliphatic heterocycles. The van der Waals surface area contributed by atoms with Crippen molar-refractivity contribution in [3.63, 3.8) is 0 Å². The minimum atomic E-state index is -4.39. The molecule has 1 aromatic heterocycles. The van der Waals surface area contributed by atoms with E-state index in [4.69, 9.17) is 4.74 Å². The number of nitrogens with zero attached hydrogens (tertiary/aromatic N) is 3. The zero-order chi connectivity index (χ0) is 16.0. The van der Waals surface area contributed by atoms with E-state index < -0.39 is 11.7 Å². The van der Waals surface area contributed by atoms with Crippen LogP contribution in [0, 0.1) is 0 Å². The molecule has 22 heavy (non-hydrogen) atoms. The molecule has 0 spiro atoms. The van der Waals surface area contributed by atoms with Crippen molar-refractivity contribution in [2.45, 2.75) is 6.18 Å². The monoisotopic (exact) mass is 313 g/mol. The molecule has 2 rings (SSSR count). The molecule has 9 heteroatoms. The Morgan fingerprint density at radius 1 is 1.27 bits per heavy atom. The summed E-state index contributed by atoms with van der Waals surface area (Å²) in [7, 11) is 1.56. The Bertz CT molecular complexity index is 621. The van der Waals surface area contributed by atoms with Crippen molar-refractivity contribution in [2.24, 2.45) is 0 Å². The van der Waals surface area contributed by atoms with Gasteiger partial charge in [0.05, 0.1) is 18.4 Å². The number of nitrogens with one attached hydrogen (secondary N) is 2. The summed E-state index contributed by atoms with van der Waals surface area (Å²) in [6.45, 7) is 0.958. The summed E-state index contributed by atoms with van der Waals surface area (Å²) in [5.41, 5.74) is -0.476. The van der Waals surface area contributed by atoms with E-state index in [9.17, 15) is 13.2 Å². The number of alkyl halides is 3. The SMILES string of the molecule is COCCNc1nncc(Nc2cccc(C(F)(F)F)c2)n1. The van der Waals surface area contributed by atoms with Crippen LogP contribution in [0.25, 0.3) is 0 Å². The van der Waals surface area contributed by atoms with Gasteiger partial charge < -0.3 is 15.4 Å². The maximum Gasteiger partial charge on any atom is 0.416 e. The number of anilines is 3. The first-order valence-electron chi connectivity index (χ1n) is 6.36. The lowest BCUT2D eigenvalue weighted by Crippen LogP contribution is -2.11. The molecule has 0 amide bonds. The minimum Gasteiger partial charge on any atom is -0.383 e. The Morgan fingerprint density at radius 2 is 2.09 bits per heavy atom. The second-order valence-corrected chi connectivity index (χ2v) is 4.29. The number of ether oxygens (including phenoxy) is 1. The van der Waals surface area contributed by atoms with Gasteiger partial charge in [-0.25, -0.2) is 0 Å². The molecular weight excluding hydrogens is 299 g/mol. The number of halogens is 3. The first kappa shape index (κ1) is 16.0. The third-order valence-corrected chi connectivity index (χ3v) is 2.61. The van der Waals surface area contributed by atoms with Crippen molar-refractivity contribution >= 4 is 17.5 Å². The number of aromatic nitrogens is 3. The van der Waals surface area contributed by atoms with Gasteiger partial charge in [-0.15, -0.1) is 5.10 Å². The Balaban J connectivity index is 2.09. The van der Waals surface area contributed by atoms with E-state index in [2.05, 4.69) is 25.8 Å². The zero-order valence-corrected chi connectivity index (χ0v) is 11.7. The third kappa shape index (κ3) is 4.55. The van der Waals surface area contributed by atoms with Crippen LogP contribution in [-0.2, 0) is 10.9 Å². The average Bonchev–Trinajstić information content (AvgIpc) is 2.47. The van der Waals surface area contributed by atoms with Crippen LogP contribution in [-0.4, -0.2) is 35.4 Å². The number of hydrogen-bond donors (Lipinski definition) is 2. The fourth-order valence-corrected chi connectivity index (χ4v) is 1.62. The Kier molecular flexibility index (Phi) is 5.10. The minimum absolute atomic E-state index is 0.258. The summed E-state index contributed by atoms with van der Waals surface area (Å²) < 4.78 is 42.8. The van der Waals surface area contributed by atoms with Gasteiger partial charge in [0.2, 0.25) is 5.95 Å². The van der Waals surface area contributed by atoms with Crippen molar-refractivity contribution in [3.05, 3.63) is 36.0 Å². The van der Waals surface area contributed by atoms with E-state index in [1.807, 2.05) is 0 Å². The number of rotatable bonds is 6. The Hall–Kier alpha value is -2.42. The molecule has 1 heterocycles. The fourth-order valence-electron chi connectivity index (χ4n) is 1.62. The normalized spacial score (nSPS) is 11.3. The van der Waals surface area contributed by atoms with Gasteiger partial charge in [0.1, 0.15) is 0 Å². The summed E-state index contributed by atoms with van der Waals surface area (Å²) >= 11 is 0. The van der Waals surface area contributed by atoms with Crippen LogP contribution in [0.3, 0.4) is 0 Å². The van der Waals surface area contributed by atoms with Crippen LogP contribution in [0.15, 0.2) is 30.5 Å². The van der Waals surface area contributed by atoms with Crippen molar-refractivity contribution in [2.75, 3.05) is 30.9 Å². The van der Waals surface area contributed by atoms with Gasteiger partial charge in [0, 0.05) is 19.3 Å². The van der Waals surface area contributed by atoms with E-state index in [0.29, 0.717) is 13.2 Å². The maximum absolute atomic E-state index is 12.7. The highest BCUT2D eigenvalue weighted by Crippen LogP contribution is 2.31. The van der Waals surface area contributed by atoms with Crippen LogP contribution in [0.2, 0.25) is 0 Å². The van der Waals surface area contributed by atoms with Gasteiger partial charge >= 0.3 is 6.18 Å². The average molecular weight is 313 g/mol. The number of methoxy groups -OCH3 is 1. The molecule has 0 atom stereocenters. The van der Waals surface area contributed by atoms with Gasteiger partial charge in [0.15, 0.2) is 5.82 Å². The van der Waals surface area contributed by atoms with Crippen molar-refractivity contribution in [1.29, 1.82) is 0 Å². The molecule has 6 nitrogen and oxygen atoms in total. The summed E-state index contributed by atoms with van der Waals surface area (Å²) in [5.74, 6) is 0.545. The lowest BCUT2D eigenvalue weighted by atomic mass is 10.2. The van der Waals surface area contributed by atoms with Crippen LogP contribution >= 0.6 is 0 Å². The molecule has 0 fully saturated rings. The van der Waals surface area contributed by atoms with Crippen LogP contribution in [0.1, 0.15) is 5.56 Å². The van der Waals surface area contributed by atoms with E-state index in [0.717, 1.165) is 12.1 Å². The van der Waals surface area contributed by atoms with Gasteiger partial charge in [-0.3, -0.25) is 0 Å². The molecule has 0 aliphatic carbocycles. The smallest absolute Gasteiger partial charge is 0.383 e. The molecular formula is C13H14F3N5O. The van der Waals surface area contributed by atoms with E-state index in [1.165, 1.54) is 18.3 Å². The predicted octanol–water partition coefficient (Wildman–Crippen LogP) is 2.69. The summed E-state index contributed by atoms with van der Waals surface area (Å²) in [5, 5.41) is 13.1. The maximum atomic E-state index is 12.7. The van der Waals surface area contributed by atoms with Gasteiger partial charge in [-0.2, -0.15) is 23.3 Å². The highest BCUT2D eigenvalue weighted by Gasteiger charge is 2.30. The second-order valence-electron chi connectivity index (χ2n) is 4.29. The summed E-state index contributed by atoms with van der Waals surface area (Å²) in [4.78, 5) is 4.10. The van der Waals surface area contributed by atoms with Crippen LogP contribution in [0.5, 0.6) is 0 Å². The second kappa shape index (κ2) is 7.03. The molecule has 118 valence electrons. The van der Waals surface area contributed by atoms with Crippen LogP contribution < -0.4 is 10.6 Å². The molecule has 0 radical (unpaired) electrons. The molecule has 0 saturated heterocycles. The molecule has 1 aromatic carbocycles. The lowest BCUT2D eigenvalue weighted by molar-refractivity contribution is -0.137. The molecule has 2 aromatic rings. The number of benzene rings is 1. The largest absolute Gasteiger partial charge is 0.416 e. The highest BCUT2D eigenvalue weighted by molar-refractivity contribution is 5.57. The summed E-state index contributed by atoms with van der Waals surface area (Å²) in [6, 6.07) is 4.83. The van der Waals surface area contributed by atoms with Gasteiger partial charge in [-0.1, -0.05) is 6.07 Å². The molecule has 0 saturated carbocycles. The molecule has 0 unspecified atom stereocenters. The van der Waals surface area contributed by atoms with Crippen molar-refractivity contribution < 1.29 is 17.9 Å². The fraction of sp³-hybridized carbons (Fsp3) is 0.308. The highest BCUT2D eigenvalue weighted by atomic mass is 19.4. The van der Waals surface area contributed by atoms with E-state index in [-0.39, 0.29) is 17.5 Å². The van der Waals surface area contributed by atoms with Gasteiger partial charge in [-0.05, 0) is 18.2 Å². The first-order valence-corrected chi connectivity index (χ1v) is 6.36. The Labute approximate surface area is 124 Å². The molecule has 0 bridgehead atoms. The third-order valence-electron chi connectivity index (χ3n) is 2.61. The number of hydrogen-bond acceptors (Lipinski definition) is 6. The lowest BCUT2D eigenvalue weighted by Gasteiger charge is -2.10. The molecule has 2 N–H and O–H groups in total. The summed E-state index contributed by atoms with van der Waals surface area (Å²) in [6.07, 6.45) is -3.07. The van der Waals surface area contributed by atoms with Crippen molar-refractivity contribution in [3.8, 4) is 0 Å². The Morgan fingerprint density at radius 3 is 2.82 bits per heavy atom. The standard InChI is InChI=1S/C13H14F3N5O/c1-22-6-5-17-12-20-11(8-18-21-12)19-10-4-2-3-9(7-10)13(14,15)16/h2-4,7-8H,5-6H2,1H3,(H2,17,19,20,21). The quantitative estimate of drug-likeness (QED) is 0.799.